The van der Waals surface area contributed by atoms with E-state index in [1.54, 1.807) is 11.3 Å². The normalized spacial score (nSPS) is 12.5. The maximum atomic E-state index is 5.71. The number of para-hydroxylation sites is 2. The lowest BCUT2D eigenvalue weighted by Gasteiger charge is -2.13. The summed E-state index contributed by atoms with van der Waals surface area (Å²) in [5.41, 5.74) is 13.7. The second-order valence-corrected chi connectivity index (χ2v) is 18.7. The van der Waals surface area contributed by atoms with Crippen molar-refractivity contribution in [2.75, 3.05) is 0 Å². The van der Waals surface area contributed by atoms with Gasteiger partial charge in [-0.05, 0) is 93.3 Å². The number of hydrogen-bond acceptors (Lipinski definition) is 3. The van der Waals surface area contributed by atoms with E-state index in [4.69, 9.17) is 9.97 Å². The van der Waals surface area contributed by atoms with E-state index in [2.05, 4.69) is 214 Å². The first-order chi connectivity index (χ1) is 32.8. The van der Waals surface area contributed by atoms with Crippen molar-refractivity contribution < 1.29 is 0 Å². The fourth-order valence-electron chi connectivity index (χ4n) is 11.7. The van der Waals surface area contributed by atoms with Crippen LogP contribution < -0.4 is 0 Å². The minimum absolute atomic E-state index is 0.669. The molecule has 6 heteroatoms. The second kappa shape index (κ2) is 12.6. The van der Waals surface area contributed by atoms with Crippen molar-refractivity contribution >= 4 is 124 Å². The predicted octanol–water partition coefficient (Wildman–Crippen LogP) is 16.1. The third kappa shape index (κ3) is 4.39. The molecule has 0 radical (unpaired) electrons. The summed E-state index contributed by atoms with van der Waals surface area (Å²) in [6, 6.07) is 73.2. The van der Waals surface area contributed by atoms with Crippen LogP contribution in [0, 0.1) is 0 Å². The lowest BCUT2D eigenvalue weighted by Crippen LogP contribution is -2.03. The molecule has 5 nitrogen and oxygen atoms in total. The predicted molar refractivity (Wildman–Crippen MR) is 278 cm³/mol. The van der Waals surface area contributed by atoms with Crippen molar-refractivity contribution in [3.63, 3.8) is 0 Å². The molecule has 16 rings (SSSR count). The summed E-state index contributed by atoms with van der Waals surface area (Å²) in [4.78, 5) is 12.2. The number of rotatable bonds is 4. The highest BCUT2D eigenvalue weighted by Gasteiger charge is 2.29. The largest absolute Gasteiger partial charge is 0.309 e. The molecule has 304 valence electrons. The smallest absolute Gasteiger partial charge is 0.236 e. The Morgan fingerprint density at radius 2 is 0.985 bits per heavy atom. The molecular weight excluding hydrogens is 823 g/mol. The summed E-state index contributed by atoms with van der Waals surface area (Å²) < 4.78 is 8.50. The lowest BCUT2D eigenvalue weighted by atomic mass is 9.92. The average molecular weight is 856 g/mol. The summed E-state index contributed by atoms with van der Waals surface area (Å²) in [5, 5.41) is 14.7. The van der Waals surface area contributed by atoms with Gasteiger partial charge in [-0.25, -0.2) is 9.97 Å². The van der Waals surface area contributed by atoms with E-state index < -0.39 is 0 Å². The summed E-state index contributed by atoms with van der Waals surface area (Å²) in [5.74, 6) is 0.669. The van der Waals surface area contributed by atoms with Gasteiger partial charge in [0.1, 0.15) is 4.83 Å². The van der Waals surface area contributed by atoms with Crippen molar-refractivity contribution in [3.8, 4) is 34.0 Å². The second-order valence-electron chi connectivity index (χ2n) is 17.7. The molecule has 0 bridgehead atoms. The molecule has 0 amide bonds. The zero-order valence-electron chi connectivity index (χ0n) is 35.2. The Kier molecular flexibility index (Phi) is 6.64. The molecule has 0 unspecified atom stereocenters. The zero-order chi connectivity index (χ0) is 42.8. The maximum absolute atomic E-state index is 5.71. The fraction of sp³-hybridized carbons (Fsp3) is 0. The van der Waals surface area contributed by atoms with Gasteiger partial charge in [0.05, 0.1) is 44.3 Å². The monoisotopic (exact) mass is 855 g/mol. The van der Waals surface area contributed by atoms with Crippen molar-refractivity contribution in [2.45, 2.75) is 0 Å². The minimum atomic E-state index is 0.669. The third-order valence-corrected chi connectivity index (χ3v) is 15.4. The topological polar surface area (TPSA) is 40.0 Å². The van der Waals surface area contributed by atoms with Gasteiger partial charge in [0.15, 0.2) is 0 Å². The van der Waals surface area contributed by atoms with E-state index >= 15 is 0 Å². The number of thiophene rings is 1. The highest BCUT2D eigenvalue weighted by atomic mass is 32.1. The van der Waals surface area contributed by atoms with Crippen LogP contribution in [0.2, 0.25) is 0 Å². The lowest BCUT2D eigenvalue weighted by molar-refractivity contribution is 1.02. The van der Waals surface area contributed by atoms with Crippen LogP contribution in [0.4, 0.5) is 0 Å². The number of hydrogen-bond donors (Lipinski definition) is 0. The number of nitrogens with zero attached hydrogens (tertiary/aromatic N) is 5. The molecule has 0 saturated heterocycles. The van der Waals surface area contributed by atoms with Gasteiger partial charge >= 0.3 is 0 Å². The molecular formula is C60H33N5S. The van der Waals surface area contributed by atoms with Crippen LogP contribution in [0.25, 0.3) is 147 Å². The molecule has 0 aliphatic carbocycles. The number of fused-ring (bicyclic) bond motifs is 10. The Labute approximate surface area is 379 Å². The Morgan fingerprint density at radius 1 is 0.364 bits per heavy atom. The molecule has 0 aliphatic heterocycles. The highest BCUT2D eigenvalue weighted by molar-refractivity contribution is 7.25. The molecule has 6 aromatic heterocycles. The molecule has 0 N–H and O–H groups in total. The molecule has 0 saturated carbocycles. The van der Waals surface area contributed by atoms with Crippen molar-refractivity contribution in [3.05, 3.63) is 200 Å². The standard InChI is InChI=1S/C60H33N5S/c1-2-14-37(15-3-1)63-46-22-12-23-47-53(46)54-48(63)31-32-49-55(54)56-50(30-29-42-41-19-8-10-21-45(41)64(47)58(42)56)65(49)60-61-57(52-43-20-9-11-24-51(43)66-59(52)62-60)35-27-25-34(26-28-35)44-33-36-13-4-5-16-38(36)39-17-6-7-18-40(39)44/h1-33H. The first-order valence-electron chi connectivity index (χ1n) is 22.5. The van der Waals surface area contributed by atoms with Crippen LogP contribution in [-0.2, 0) is 0 Å². The van der Waals surface area contributed by atoms with Crippen LogP contribution in [0.5, 0.6) is 0 Å². The Bertz CT molecular complexity index is 4680. The van der Waals surface area contributed by atoms with Gasteiger partial charge in [0.25, 0.3) is 0 Å². The SMILES string of the molecule is c1ccc(-n2c3ccc4c5c3c3c2cccc3n2c3ccccc3c3ccc(c5c32)n4-c2nc(-c3ccc(-c4cc5ccccc5c5ccccc45)cc3)c3c(n2)sc2ccccc23)cc1. The van der Waals surface area contributed by atoms with Crippen molar-refractivity contribution in [2.24, 2.45) is 0 Å². The van der Waals surface area contributed by atoms with E-state index in [1.165, 1.54) is 103 Å². The Morgan fingerprint density at radius 3 is 1.85 bits per heavy atom. The molecule has 0 atom stereocenters. The van der Waals surface area contributed by atoms with Crippen molar-refractivity contribution in [1.29, 1.82) is 0 Å². The molecule has 0 fully saturated rings. The molecule has 0 spiro atoms. The number of aromatic nitrogens is 5. The third-order valence-electron chi connectivity index (χ3n) is 14.4. The van der Waals surface area contributed by atoms with Gasteiger partial charge in [-0.2, -0.15) is 0 Å². The van der Waals surface area contributed by atoms with Gasteiger partial charge in [0, 0.05) is 59.0 Å². The molecule has 16 aromatic rings. The van der Waals surface area contributed by atoms with Crippen molar-refractivity contribution in [1.82, 2.24) is 23.5 Å². The summed E-state index contributed by atoms with van der Waals surface area (Å²) in [7, 11) is 0. The van der Waals surface area contributed by atoms with Gasteiger partial charge in [-0.15, -0.1) is 11.3 Å². The average Bonchev–Trinajstić information content (AvgIpc) is 4.10. The van der Waals surface area contributed by atoms with Gasteiger partial charge in [-0.3, -0.25) is 4.57 Å². The van der Waals surface area contributed by atoms with Crippen LogP contribution in [0.1, 0.15) is 0 Å². The molecule has 0 aliphatic rings. The van der Waals surface area contributed by atoms with Gasteiger partial charge < -0.3 is 8.97 Å². The number of benzene rings is 10. The van der Waals surface area contributed by atoms with E-state index in [1.807, 2.05) is 0 Å². The Balaban J connectivity index is 1.01. The quantitative estimate of drug-likeness (QED) is 0.165. The summed E-state index contributed by atoms with van der Waals surface area (Å²) in [6.07, 6.45) is 0. The van der Waals surface area contributed by atoms with E-state index in [0.29, 0.717) is 5.95 Å². The first-order valence-corrected chi connectivity index (χ1v) is 23.3. The molecule has 10 aromatic carbocycles. The fourth-order valence-corrected chi connectivity index (χ4v) is 12.8. The first kappa shape index (κ1) is 34.9. The van der Waals surface area contributed by atoms with Gasteiger partial charge in [-0.1, -0.05) is 140 Å². The van der Waals surface area contributed by atoms with E-state index in [-0.39, 0.29) is 0 Å². The van der Waals surface area contributed by atoms with E-state index in [0.717, 1.165) is 38.2 Å². The van der Waals surface area contributed by atoms with Crippen LogP contribution in [0.15, 0.2) is 200 Å². The summed E-state index contributed by atoms with van der Waals surface area (Å²) in [6.45, 7) is 0. The Hall–Kier alpha value is -8.58. The molecule has 6 heterocycles. The summed E-state index contributed by atoms with van der Waals surface area (Å²) >= 11 is 1.74. The maximum Gasteiger partial charge on any atom is 0.236 e. The zero-order valence-corrected chi connectivity index (χ0v) is 36.0. The molecule has 66 heavy (non-hydrogen) atoms. The highest BCUT2D eigenvalue weighted by Crippen LogP contribution is 2.50. The van der Waals surface area contributed by atoms with E-state index in [9.17, 15) is 0 Å². The minimum Gasteiger partial charge on any atom is -0.309 e. The van der Waals surface area contributed by atoms with Crippen LogP contribution in [-0.4, -0.2) is 23.5 Å². The van der Waals surface area contributed by atoms with Crippen LogP contribution >= 0.6 is 11.3 Å². The van der Waals surface area contributed by atoms with Gasteiger partial charge in [0.2, 0.25) is 5.95 Å². The van der Waals surface area contributed by atoms with Crippen LogP contribution in [0.3, 0.4) is 0 Å².